The van der Waals surface area contributed by atoms with Crippen LogP contribution in [0, 0.1) is 17.9 Å². The molecule has 3 heteroatoms. The summed E-state index contributed by atoms with van der Waals surface area (Å²) in [5, 5.41) is 10.1. The van der Waals surface area contributed by atoms with E-state index in [1.807, 2.05) is 12.1 Å². The molecular weight excluding hydrogens is 534 g/mol. The molecule has 44 heavy (non-hydrogen) atoms. The third kappa shape index (κ3) is 3.66. The van der Waals surface area contributed by atoms with Gasteiger partial charge in [-0.25, -0.2) is 10.1 Å². The van der Waals surface area contributed by atoms with Crippen molar-refractivity contribution in [2.45, 2.75) is 45.4 Å². The molecule has 1 heterocycles. The third-order valence-corrected chi connectivity index (χ3v) is 9.47. The molecule has 3 nitrogen and oxygen atoms in total. The zero-order valence-electron chi connectivity index (χ0n) is 25.4. The summed E-state index contributed by atoms with van der Waals surface area (Å²) in [6.45, 7) is 14.7. The topological polar surface area (TPSA) is 31.4 Å². The van der Waals surface area contributed by atoms with Gasteiger partial charge in [-0.1, -0.05) is 118 Å². The number of rotatable bonds is 4. The molecule has 1 spiro atoms. The Morgan fingerprint density at radius 3 is 1.57 bits per heavy atom. The number of benzene rings is 5. The quantitative estimate of drug-likeness (QED) is 0.157. The summed E-state index contributed by atoms with van der Waals surface area (Å²) in [6.07, 6.45) is 2.89. The van der Waals surface area contributed by atoms with Crippen molar-refractivity contribution in [2.24, 2.45) is 0 Å². The Balaban J connectivity index is 1.67. The van der Waals surface area contributed by atoms with Crippen LogP contribution in [0.25, 0.3) is 10.4 Å². The van der Waals surface area contributed by atoms with Crippen molar-refractivity contribution in [3.05, 3.63) is 176 Å². The highest BCUT2D eigenvalue weighted by Crippen LogP contribution is 2.62. The Morgan fingerprint density at radius 2 is 1.14 bits per heavy atom. The molecule has 0 bridgehead atoms. The van der Waals surface area contributed by atoms with Gasteiger partial charge in [0.15, 0.2) is 0 Å². The monoisotopic (exact) mass is 567 g/mol. The molecule has 1 aliphatic carbocycles. The van der Waals surface area contributed by atoms with Crippen LogP contribution in [0.1, 0.15) is 70.8 Å². The number of anilines is 3. The van der Waals surface area contributed by atoms with E-state index in [0.717, 1.165) is 52.9 Å². The van der Waals surface area contributed by atoms with Gasteiger partial charge in [0, 0.05) is 5.57 Å². The average molecular weight is 568 g/mol. The summed E-state index contributed by atoms with van der Waals surface area (Å²) in [5.41, 5.74) is 14.3. The van der Waals surface area contributed by atoms with E-state index < -0.39 is 5.41 Å². The lowest BCUT2D eigenvalue weighted by atomic mass is 9.56. The van der Waals surface area contributed by atoms with E-state index in [9.17, 15) is 5.26 Å². The standard InChI is InChI=1S/C41H33N3/c1-5-27-24-28(6-2)40(29(7-3)25-27)44-37-22-14-12-20-34(37)41(35-21-13-15-23-38(35)44)32-18-10-8-16-30(32)39(36(26-42)43-4)31-17-9-11-19-33(31)41/h8-25H,5-7H2,1-3H3. The summed E-state index contributed by atoms with van der Waals surface area (Å²) in [4.78, 5) is 6.22. The lowest BCUT2D eigenvalue weighted by Crippen LogP contribution is -2.41. The number of aryl methyl sites for hydroxylation is 3. The van der Waals surface area contributed by atoms with Crippen LogP contribution < -0.4 is 4.90 Å². The van der Waals surface area contributed by atoms with Crippen LogP contribution >= 0.6 is 0 Å². The molecule has 0 atom stereocenters. The Labute approximate surface area is 260 Å². The average Bonchev–Trinajstić information content (AvgIpc) is 3.09. The van der Waals surface area contributed by atoms with Crippen molar-refractivity contribution in [3.8, 4) is 6.07 Å². The van der Waals surface area contributed by atoms with Crippen LogP contribution in [-0.2, 0) is 24.7 Å². The summed E-state index contributed by atoms with van der Waals surface area (Å²) in [6, 6.07) is 41.4. The van der Waals surface area contributed by atoms with Crippen molar-refractivity contribution in [2.75, 3.05) is 4.90 Å². The van der Waals surface area contributed by atoms with Crippen LogP contribution in [0.2, 0.25) is 0 Å². The van der Waals surface area contributed by atoms with Gasteiger partial charge in [-0.3, -0.25) is 0 Å². The summed E-state index contributed by atoms with van der Waals surface area (Å²) in [7, 11) is 0. The van der Waals surface area contributed by atoms with E-state index >= 15 is 0 Å². The maximum absolute atomic E-state index is 10.1. The molecule has 5 aromatic rings. The smallest absolute Gasteiger partial charge is 0.270 e. The number of para-hydroxylation sites is 2. The molecule has 0 saturated carbocycles. The molecule has 212 valence electrons. The first-order valence-electron chi connectivity index (χ1n) is 15.5. The maximum Gasteiger partial charge on any atom is 0.270 e. The van der Waals surface area contributed by atoms with Crippen molar-refractivity contribution in [1.82, 2.24) is 0 Å². The first kappa shape index (κ1) is 27.5. The van der Waals surface area contributed by atoms with Gasteiger partial charge in [0.1, 0.15) is 0 Å². The molecule has 0 amide bonds. The lowest BCUT2D eigenvalue weighted by Gasteiger charge is -2.50. The Bertz CT molecular complexity index is 1930. The lowest BCUT2D eigenvalue weighted by molar-refractivity contribution is 0.717. The first-order chi connectivity index (χ1) is 21.6. The highest BCUT2D eigenvalue weighted by molar-refractivity contribution is 5.98. The van der Waals surface area contributed by atoms with Gasteiger partial charge in [0.25, 0.3) is 5.70 Å². The largest absolute Gasteiger partial charge is 0.309 e. The van der Waals surface area contributed by atoms with E-state index in [1.165, 1.54) is 33.5 Å². The molecular formula is C41H33N3. The van der Waals surface area contributed by atoms with Crippen LogP contribution in [0.15, 0.2) is 115 Å². The predicted molar refractivity (Wildman–Crippen MR) is 179 cm³/mol. The zero-order valence-corrected chi connectivity index (χ0v) is 25.4. The second-order valence-electron chi connectivity index (χ2n) is 11.5. The fourth-order valence-electron chi connectivity index (χ4n) is 7.67. The molecule has 2 aliphatic rings. The second kappa shape index (κ2) is 10.7. The van der Waals surface area contributed by atoms with Gasteiger partial charge < -0.3 is 4.90 Å². The predicted octanol–water partition coefficient (Wildman–Crippen LogP) is 10.1. The zero-order chi connectivity index (χ0) is 30.4. The van der Waals surface area contributed by atoms with Crippen LogP contribution in [0.4, 0.5) is 17.1 Å². The van der Waals surface area contributed by atoms with E-state index in [0.29, 0.717) is 5.57 Å². The molecule has 0 saturated heterocycles. The Hall–Kier alpha value is -5.38. The number of allylic oxidation sites excluding steroid dienone is 1. The molecule has 1 aliphatic heterocycles. The Morgan fingerprint density at radius 1 is 0.682 bits per heavy atom. The van der Waals surface area contributed by atoms with Crippen molar-refractivity contribution >= 4 is 22.6 Å². The van der Waals surface area contributed by atoms with Gasteiger partial charge >= 0.3 is 0 Å². The fraction of sp³-hybridized carbons (Fsp3) is 0.171. The van der Waals surface area contributed by atoms with E-state index in [2.05, 4.69) is 134 Å². The number of nitriles is 1. The molecule has 0 N–H and O–H groups in total. The highest BCUT2D eigenvalue weighted by atomic mass is 15.2. The minimum atomic E-state index is -0.648. The minimum absolute atomic E-state index is 0.120. The first-order valence-corrected chi connectivity index (χ1v) is 15.5. The molecule has 0 aromatic heterocycles. The van der Waals surface area contributed by atoms with Crippen LogP contribution in [-0.4, -0.2) is 0 Å². The van der Waals surface area contributed by atoms with Gasteiger partial charge in [-0.2, -0.15) is 0 Å². The van der Waals surface area contributed by atoms with Crippen LogP contribution in [0.5, 0.6) is 0 Å². The molecule has 7 rings (SSSR count). The minimum Gasteiger partial charge on any atom is -0.309 e. The highest BCUT2D eigenvalue weighted by Gasteiger charge is 2.51. The normalized spacial score (nSPS) is 13.7. The Kier molecular flexibility index (Phi) is 6.68. The van der Waals surface area contributed by atoms with Crippen molar-refractivity contribution < 1.29 is 0 Å². The van der Waals surface area contributed by atoms with Gasteiger partial charge in [0.05, 0.1) is 35.1 Å². The van der Waals surface area contributed by atoms with E-state index in [1.54, 1.807) is 0 Å². The molecule has 0 radical (unpaired) electrons. The molecule has 5 aromatic carbocycles. The van der Waals surface area contributed by atoms with E-state index in [-0.39, 0.29) is 5.70 Å². The van der Waals surface area contributed by atoms with Gasteiger partial charge in [0.2, 0.25) is 0 Å². The molecule has 0 fully saturated rings. The van der Waals surface area contributed by atoms with Crippen LogP contribution in [0.3, 0.4) is 0 Å². The van der Waals surface area contributed by atoms with Crippen molar-refractivity contribution in [1.29, 1.82) is 5.26 Å². The third-order valence-electron chi connectivity index (χ3n) is 9.47. The number of nitrogens with zero attached hydrogens (tertiary/aromatic N) is 3. The molecule has 0 unspecified atom stereocenters. The SMILES string of the molecule is [C-]#[N+]C(C#N)=C1c2ccccc2C2(c3ccccc31)c1ccccc1N(c1c(CC)cc(CC)cc1CC)c1ccccc12. The number of hydrogen-bond donors (Lipinski definition) is 0. The van der Waals surface area contributed by atoms with E-state index in [4.69, 9.17) is 6.57 Å². The fourth-order valence-corrected chi connectivity index (χ4v) is 7.67. The number of hydrogen-bond acceptors (Lipinski definition) is 2. The van der Waals surface area contributed by atoms with Gasteiger partial charge in [-0.15, -0.1) is 0 Å². The second-order valence-corrected chi connectivity index (χ2v) is 11.5. The maximum atomic E-state index is 10.1. The van der Waals surface area contributed by atoms with Crippen molar-refractivity contribution in [3.63, 3.8) is 0 Å². The van der Waals surface area contributed by atoms with Gasteiger partial charge in [-0.05, 0) is 81.5 Å². The number of fused-ring (bicyclic) bond motifs is 8. The summed E-state index contributed by atoms with van der Waals surface area (Å²) < 4.78 is 0. The summed E-state index contributed by atoms with van der Waals surface area (Å²) in [5.74, 6) is 0. The summed E-state index contributed by atoms with van der Waals surface area (Å²) >= 11 is 0.